The smallest absolute Gasteiger partial charge is 0.104 e. The first-order valence-electron chi connectivity index (χ1n) is 4.47. The largest absolute Gasteiger partial charge is 0.356 e. The number of hydrogen-bond acceptors (Lipinski definition) is 3. The number of nitrogens with zero attached hydrogens (tertiary/aromatic N) is 2. The molecule has 5 nitrogen and oxygen atoms in total. The SMILES string of the molecule is C[N+](C)(C)Cc1ccccc1.O=[N+]([O-])[O-]. The Morgan fingerprint density at radius 1 is 1.13 bits per heavy atom. The van der Waals surface area contributed by atoms with Gasteiger partial charge in [-0.15, -0.1) is 0 Å². The molecule has 0 saturated heterocycles. The molecule has 0 saturated carbocycles. The van der Waals surface area contributed by atoms with E-state index in [2.05, 4.69) is 51.5 Å². The van der Waals surface area contributed by atoms with Gasteiger partial charge in [0.05, 0.1) is 26.2 Å². The van der Waals surface area contributed by atoms with Crippen molar-refractivity contribution in [3.63, 3.8) is 0 Å². The van der Waals surface area contributed by atoms with E-state index in [1.165, 1.54) is 5.56 Å². The second-order valence-electron chi connectivity index (χ2n) is 4.16. The van der Waals surface area contributed by atoms with Gasteiger partial charge in [0.25, 0.3) is 0 Å². The fraction of sp³-hybridized carbons (Fsp3) is 0.400. The minimum Gasteiger partial charge on any atom is -0.356 e. The van der Waals surface area contributed by atoms with Crippen molar-refractivity contribution in [2.24, 2.45) is 0 Å². The van der Waals surface area contributed by atoms with Crippen LogP contribution < -0.4 is 0 Å². The lowest BCUT2D eigenvalue weighted by atomic mass is 10.2. The number of quaternary nitrogens is 1. The van der Waals surface area contributed by atoms with Gasteiger partial charge in [0.2, 0.25) is 0 Å². The van der Waals surface area contributed by atoms with Crippen LogP contribution in [0.2, 0.25) is 0 Å². The van der Waals surface area contributed by atoms with Crippen LogP contribution >= 0.6 is 0 Å². The van der Waals surface area contributed by atoms with Crippen LogP contribution in [0.1, 0.15) is 5.56 Å². The van der Waals surface area contributed by atoms with E-state index in [9.17, 15) is 0 Å². The van der Waals surface area contributed by atoms with Gasteiger partial charge in [-0.05, 0) is 0 Å². The third-order valence-corrected chi connectivity index (χ3v) is 1.50. The van der Waals surface area contributed by atoms with Crippen LogP contribution in [0, 0.1) is 15.3 Å². The van der Waals surface area contributed by atoms with E-state index < -0.39 is 5.09 Å². The number of hydrogen-bond donors (Lipinski definition) is 0. The van der Waals surface area contributed by atoms with Crippen molar-refractivity contribution in [3.8, 4) is 0 Å². The van der Waals surface area contributed by atoms with Gasteiger partial charge in [-0.25, -0.2) is 0 Å². The predicted octanol–water partition coefficient (Wildman–Crippen LogP) is 1.65. The molecule has 0 N–H and O–H groups in total. The summed E-state index contributed by atoms with van der Waals surface area (Å²) >= 11 is 0. The van der Waals surface area contributed by atoms with E-state index >= 15 is 0 Å². The summed E-state index contributed by atoms with van der Waals surface area (Å²) in [6.07, 6.45) is 0. The Bertz CT molecular complexity index is 289. The molecule has 1 rings (SSSR count). The third-order valence-electron chi connectivity index (χ3n) is 1.50. The van der Waals surface area contributed by atoms with Gasteiger partial charge in [0.1, 0.15) is 6.54 Å². The molecule has 0 aliphatic carbocycles. The lowest BCUT2D eigenvalue weighted by Gasteiger charge is -2.23. The molecule has 0 aliphatic rings. The molecular weight excluding hydrogens is 196 g/mol. The van der Waals surface area contributed by atoms with Crippen molar-refractivity contribution < 1.29 is 9.57 Å². The van der Waals surface area contributed by atoms with Crippen LogP contribution in [0.25, 0.3) is 0 Å². The zero-order valence-electron chi connectivity index (χ0n) is 9.21. The molecule has 0 spiro atoms. The van der Waals surface area contributed by atoms with Crippen LogP contribution in [0.4, 0.5) is 0 Å². The van der Waals surface area contributed by atoms with E-state index in [1.807, 2.05) is 0 Å². The topological polar surface area (TPSA) is 66.2 Å². The summed E-state index contributed by atoms with van der Waals surface area (Å²) < 4.78 is 0.990. The Labute approximate surface area is 89.3 Å². The summed E-state index contributed by atoms with van der Waals surface area (Å²) in [5.74, 6) is 0. The third kappa shape index (κ3) is 10.3. The van der Waals surface area contributed by atoms with Gasteiger partial charge in [-0.2, -0.15) is 0 Å². The van der Waals surface area contributed by atoms with Gasteiger partial charge in [0.15, 0.2) is 0 Å². The van der Waals surface area contributed by atoms with Crippen molar-refractivity contribution in [3.05, 3.63) is 51.2 Å². The molecule has 84 valence electrons. The summed E-state index contributed by atoms with van der Waals surface area (Å²) in [5.41, 5.74) is 1.40. The Morgan fingerprint density at radius 2 is 1.53 bits per heavy atom. The average molecular weight is 212 g/mol. The van der Waals surface area contributed by atoms with Crippen LogP contribution in [0.5, 0.6) is 0 Å². The lowest BCUT2D eigenvalue weighted by molar-refractivity contribution is -0.884. The molecule has 0 aromatic heterocycles. The standard InChI is InChI=1S/C10H16N.NO3/c1-11(2,3)9-10-7-5-4-6-8-10;2-1(3)4/h4-8H,9H2,1-3H3;/q+1;-1. The van der Waals surface area contributed by atoms with Crippen LogP contribution in [0.3, 0.4) is 0 Å². The Balaban J connectivity index is 0.000000423. The lowest BCUT2D eigenvalue weighted by Crippen LogP contribution is -2.33. The maximum atomic E-state index is 8.25. The van der Waals surface area contributed by atoms with E-state index in [-0.39, 0.29) is 0 Å². The molecular formula is C10H16N2O3. The second kappa shape index (κ2) is 5.98. The highest BCUT2D eigenvalue weighted by Crippen LogP contribution is 2.05. The van der Waals surface area contributed by atoms with Crippen LogP contribution in [-0.4, -0.2) is 30.7 Å². The fourth-order valence-corrected chi connectivity index (χ4v) is 1.13. The van der Waals surface area contributed by atoms with Crippen LogP contribution in [0.15, 0.2) is 30.3 Å². The summed E-state index contributed by atoms with van der Waals surface area (Å²) in [6.45, 7) is 1.10. The first-order valence-corrected chi connectivity index (χ1v) is 4.47. The molecule has 15 heavy (non-hydrogen) atoms. The van der Waals surface area contributed by atoms with Gasteiger partial charge in [-0.1, -0.05) is 30.3 Å². The quantitative estimate of drug-likeness (QED) is 0.425. The molecule has 0 aliphatic heterocycles. The Kier molecular flexibility index (Phi) is 5.33. The first-order chi connectivity index (χ1) is 6.81. The van der Waals surface area contributed by atoms with Crippen molar-refractivity contribution in [2.75, 3.05) is 21.1 Å². The molecule has 1 aromatic rings. The zero-order chi connectivity index (χ0) is 11.9. The molecule has 5 heteroatoms. The van der Waals surface area contributed by atoms with Crippen LogP contribution in [-0.2, 0) is 6.54 Å². The summed E-state index contributed by atoms with van der Waals surface area (Å²) in [7, 11) is 6.60. The summed E-state index contributed by atoms with van der Waals surface area (Å²) in [5, 5.41) is 14.8. The molecule has 0 heterocycles. The van der Waals surface area contributed by atoms with E-state index in [0.717, 1.165) is 11.0 Å². The minimum absolute atomic E-state index is 0.990. The van der Waals surface area contributed by atoms with E-state index in [0.29, 0.717) is 0 Å². The fourth-order valence-electron chi connectivity index (χ4n) is 1.13. The maximum Gasteiger partial charge on any atom is 0.104 e. The van der Waals surface area contributed by atoms with Crippen molar-refractivity contribution >= 4 is 0 Å². The predicted molar refractivity (Wildman–Crippen MR) is 58.5 cm³/mol. The first kappa shape index (κ1) is 13.4. The summed E-state index contributed by atoms with van der Waals surface area (Å²) in [6, 6.07) is 10.6. The highest BCUT2D eigenvalue weighted by atomic mass is 16.9. The Morgan fingerprint density at radius 3 is 1.87 bits per heavy atom. The van der Waals surface area contributed by atoms with Gasteiger partial charge in [0, 0.05) is 5.56 Å². The average Bonchev–Trinajstić information content (AvgIpc) is 2.01. The molecule has 1 aromatic carbocycles. The number of rotatable bonds is 2. The normalized spacial score (nSPS) is 10.1. The van der Waals surface area contributed by atoms with Gasteiger partial charge >= 0.3 is 0 Å². The number of benzene rings is 1. The molecule has 0 unspecified atom stereocenters. The zero-order valence-corrected chi connectivity index (χ0v) is 9.21. The highest BCUT2D eigenvalue weighted by Gasteiger charge is 2.06. The van der Waals surface area contributed by atoms with Gasteiger partial charge < -0.3 is 19.8 Å². The van der Waals surface area contributed by atoms with Crippen molar-refractivity contribution in [1.82, 2.24) is 0 Å². The Hall–Kier alpha value is -1.62. The minimum atomic E-state index is -1.75. The van der Waals surface area contributed by atoms with Crippen molar-refractivity contribution in [2.45, 2.75) is 6.54 Å². The molecule has 0 radical (unpaired) electrons. The molecule has 0 amide bonds. The van der Waals surface area contributed by atoms with Gasteiger partial charge in [-0.3, -0.25) is 0 Å². The second-order valence-corrected chi connectivity index (χ2v) is 4.16. The van der Waals surface area contributed by atoms with E-state index in [4.69, 9.17) is 15.3 Å². The molecule has 0 fully saturated rings. The summed E-state index contributed by atoms with van der Waals surface area (Å²) in [4.78, 5) is 8.25. The van der Waals surface area contributed by atoms with Crippen molar-refractivity contribution in [1.29, 1.82) is 0 Å². The monoisotopic (exact) mass is 212 g/mol. The molecule has 0 bridgehead atoms. The maximum absolute atomic E-state index is 8.25. The molecule has 0 atom stereocenters. The highest BCUT2D eigenvalue weighted by molar-refractivity contribution is 5.13. The van der Waals surface area contributed by atoms with E-state index in [1.54, 1.807) is 0 Å².